The Balaban J connectivity index is 0.00000176. The van der Waals surface area contributed by atoms with Gasteiger partial charge in [0.25, 0.3) is 0 Å². The second-order valence-corrected chi connectivity index (χ2v) is 9.37. The first-order chi connectivity index (χ1) is 17.5. The molecule has 0 radical (unpaired) electrons. The predicted molar refractivity (Wildman–Crippen MR) is 149 cm³/mol. The number of carbonyl (C=O) groups is 1. The number of benzene rings is 1. The third-order valence-electron chi connectivity index (χ3n) is 6.61. The molecule has 6 nitrogen and oxygen atoms in total. The molecule has 1 saturated heterocycles. The van der Waals surface area contributed by atoms with Gasteiger partial charge in [-0.1, -0.05) is 38.1 Å². The average Bonchev–Trinajstić information content (AvgIpc) is 2.91. The van der Waals surface area contributed by atoms with Gasteiger partial charge in [0.05, 0.1) is 0 Å². The number of para-hydroxylation sites is 1. The van der Waals surface area contributed by atoms with Crippen molar-refractivity contribution in [2.24, 2.45) is 5.92 Å². The molecule has 0 spiro atoms. The normalized spacial score (nSPS) is 13.8. The Morgan fingerprint density at radius 1 is 1.00 bits per heavy atom. The number of pyridine rings is 2. The van der Waals surface area contributed by atoms with Crippen LogP contribution in [-0.2, 0) is 17.9 Å². The number of nitrogens with zero attached hydrogens (tertiary/aromatic N) is 5. The minimum atomic E-state index is 0.106. The van der Waals surface area contributed by atoms with E-state index in [0.717, 1.165) is 56.9 Å². The number of anilines is 2. The summed E-state index contributed by atoms with van der Waals surface area (Å²) >= 11 is 0. The number of rotatable bonds is 8. The molecule has 4 rings (SSSR count). The van der Waals surface area contributed by atoms with Crippen molar-refractivity contribution < 1.29 is 4.79 Å². The molecule has 0 atom stereocenters. The number of hydrogen-bond acceptors (Lipinski definition) is 5. The fourth-order valence-electron chi connectivity index (χ4n) is 4.74. The minimum Gasteiger partial charge on any atom is -0.371 e. The second kappa shape index (κ2) is 13.7. The van der Waals surface area contributed by atoms with Crippen molar-refractivity contribution in [1.29, 1.82) is 0 Å². The maximum atomic E-state index is 12.8. The lowest BCUT2D eigenvalue weighted by atomic mass is 9.95. The van der Waals surface area contributed by atoms with Gasteiger partial charge < -0.3 is 9.80 Å². The molecule has 6 heteroatoms. The third-order valence-corrected chi connectivity index (χ3v) is 6.61. The van der Waals surface area contributed by atoms with Crippen LogP contribution in [0.5, 0.6) is 0 Å². The van der Waals surface area contributed by atoms with Crippen LogP contribution in [0.1, 0.15) is 50.4 Å². The van der Waals surface area contributed by atoms with Crippen molar-refractivity contribution >= 4 is 17.3 Å². The molecule has 0 unspecified atom stereocenters. The highest BCUT2D eigenvalue weighted by atomic mass is 16.2. The summed E-state index contributed by atoms with van der Waals surface area (Å²) in [7, 11) is 2.11. The fourth-order valence-corrected chi connectivity index (χ4v) is 4.74. The summed E-state index contributed by atoms with van der Waals surface area (Å²) in [5.74, 6) is 0.598. The van der Waals surface area contributed by atoms with Gasteiger partial charge in [-0.3, -0.25) is 19.7 Å². The van der Waals surface area contributed by atoms with E-state index in [1.165, 1.54) is 16.8 Å². The van der Waals surface area contributed by atoms with Crippen LogP contribution in [0.2, 0.25) is 0 Å². The average molecular weight is 488 g/mol. The minimum absolute atomic E-state index is 0.106. The van der Waals surface area contributed by atoms with E-state index in [2.05, 4.69) is 69.3 Å². The highest BCUT2D eigenvalue weighted by Crippen LogP contribution is 2.28. The first-order valence-electron chi connectivity index (χ1n) is 13.1. The van der Waals surface area contributed by atoms with E-state index in [1.54, 1.807) is 6.92 Å². The Bertz CT molecular complexity index is 1060. The lowest BCUT2D eigenvalue weighted by Crippen LogP contribution is -2.41. The third kappa shape index (κ3) is 7.62. The lowest BCUT2D eigenvalue weighted by molar-refractivity contribution is -0.116. The molecule has 0 N–H and O–H groups in total. The molecule has 1 aliphatic heterocycles. The molecule has 0 aliphatic carbocycles. The zero-order chi connectivity index (χ0) is 25.9. The molecule has 1 amide bonds. The van der Waals surface area contributed by atoms with Crippen LogP contribution in [0.4, 0.5) is 11.4 Å². The number of carbonyl (C=O) groups excluding carboxylic acids is 1. The fraction of sp³-hybridized carbons (Fsp3) is 0.433. The molecule has 36 heavy (non-hydrogen) atoms. The SMILES string of the molecule is CC.CC(=O)N(CC1CCN(c2ccncc2)CC1)c1ccccc1CN(C)Cc1ccc(C)nc1. The molecule has 1 fully saturated rings. The van der Waals surface area contributed by atoms with E-state index in [1.807, 2.05) is 50.3 Å². The van der Waals surface area contributed by atoms with Crippen molar-refractivity contribution in [3.63, 3.8) is 0 Å². The number of amides is 1. The van der Waals surface area contributed by atoms with E-state index >= 15 is 0 Å². The van der Waals surface area contributed by atoms with Crippen LogP contribution in [0.25, 0.3) is 0 Å². The Labute approximate surface area is 217 Å². The number of hydrogen-bond donors (Lipinski definition) is 0. The molecule has 3 aromatic rings. The van der Waals surface area contributed by atoms with Gasteiger partial charge in [0, 0.05) is 75.3 Å². The first kappa shape index (κ1) is 27.3. The van der Waals surface area contributed by atoms with E-state index in [9.17, 15) is 4.79 Å². The molecular formula is C30H41N5O. The summed E-state index contributed by atoms with van der Waals surface area (Å²) in [5, 5.41) is 0. The standard InChI is InChI=1S/C28H35N5O.C2H6/c1-22-8-9-25(18-30-22)19-31(3)21-26-6-4-5-7-28(26)33(23(2)34)20-24-12-16-32(17-13-24)27-10-14-29-15-11-27;1-2/h4-11,14-15,18,24H,12-13,16-17,19-21H2,1-3H3;1-2H3. The maximum absolute atomic E-state index is 12.8. The quantitative estimate of drug-likeness (QED) is 0.407. The van der Waals surface area contributed by atoms with Crippen molar-refractivity contribution in [1.82, 2.24) is 14.9 Å². The first-order valence-corrected chi connectivity index (χ1v) is 13.1. The van der Waals surface area contributed by atoms with E-state index in [0.29, 0.717) is 5.92 Å². The summed E-state index contributed by atoms with van der Waals surface area (Å²) in [5.41, 5.74) is 5.65. The zero-order valence-electron chi connectivity index (χ0n) is 22.5. The van der Waals surface area contributed by atoms with Crippen LogP contribution in [-0.4, -0.2) is 47.5 Å². The second-order valence-electron chi connectivity index (χ2n) is 9.37. The topological polar surface area (TPSA) is 52.6 Å². The van der Waals surface area contributed by atoms with Gasteiger partial charge in [0.15, 0.2) is 0 Å². The molecule has 1 aliphatic rings. The monoisotopic (exact) mass is 487 g/mol. The van der Waals surface area contributed by atoms with Gasteiger partial charge in [-0.15, -0.1) is 0 Å². The van der Waals surface area contributed by atoms with Gasteiger partial charge in [0.1, 0.15) is 0 Å². The zero-order valence-corrected chi connectivity index (χ0v) is 22.5. The molecule has 3 heterocycles. The van der Waals surface area contributed by atoms with E-state index in [-0.39, 0.29) is 5.91 Å². The molecule has 192 valence electrons. The summed E-state index contributed by atoms with van der Waals surface area (Å²) in [4.78, 5) is 28.0. The number of aromatic nitrogens is 2. The summed E-state index contributed by atoms with van der Waals surface area (Å²) in [6.07, 6.45) is 7.80. The van der Waals surface area contributed by atoms with E-state index < -0.39 is 0 Å². The number of piperidine rings is 1. The highest BCUT2D eigenvalue weighted by Gasteiger charge is 2.25. The van der Waals surface area contributed by atoms with Gasteiger partial charge in [-0.05, 0) is 68.1 Å². The Morgan fingerprint density at radius 2 is 1.69 bits per heavy atom. The van der Waals surface area contributed by atoms with Crippen LogP contribution in [0.3, 0.4) is 0 Å². The van der Waals surface area contributed by atoms with Gasteiger partial charge >= 0.3 is 0 Å². The Morgan fingerprint density at radius 3 is 2.33 bits per heavy atom. The van der Waals surface area contributed by atoms with Crippen molar-refractivity contribution in [2.75, 3.05) is 36.5 Å². The molecule has 0 saturated carbocycles. The molecule has 1 aromatic carbocycles. The predicted octanol–water partition coefficient (Wildman–Crippen LogP) is 5.71. The van der Waals surface area contributed by atoms with E-state index in [4.69, 9.17) is 0 Å². The highest BCUT2D eigenvalue weighted by molar-refractivity contribution is 5.92. The van der Waals surface area contributed by atoms with Crippen molar-refractivity contribution in [3.8, 4) is 0 Å². The largest absolute Gasteiger partial charge is 0.371 e. The Kier molecular flexibility index (Phi) is 10.4. The molecule has 2 aromatic heterocycles. The van der Waals surface area contributed by atoms with Crippen LogP contribution in [0, 0.1) is 12.8 Å². The maximum Gasteiger partial charge on any atom is 0.223 e. The Hall–Kier alpha value is -3.25. The van der Waals surface area contributed by atoms with Crippen molar-refractivity contribution in [2.45, 2.75) is 53.6 Å². The van der Waals surface area contributed by atoms with Gasteiger partial charge in [0.2, 0.25) is 5.91 Å². The summed E-state index contributed by atoms with van der Waals surface area (Å²) in [6.45, 7) is 12.1. The van der Waals surface area contributed by atoms with Gasteiger partial charge in [-0.25, -0.2) is 0 Å². The summed E-state index contributed by atoms with van der Waals surface area (Å²) in [6, 6.07) is 16.6. The van der Waals surface area contributed by atoms with Crippen LogP contribution in [0.15, 0.2) is 67.1 Å². The molecule has 0 bridgehead atoms. The summed E-state index contributed by atoms with van der Waals surface area (Å²) < 4.78 is 0. The smallest absolute Gasteiger partial charge is 0.223 e. The van der Waals surface area contributed by atoms with Crippen molar-refractivity contribution in [3.05, 3.63) is 83.9 Å². The van der Waals surface area contributed by atoms with Crippen LogP contribution >= 0.6 is 0 Å². The molecular weight excluding hydrogens is 446 g/mol. The lowest BCUT2D eigenvalue weighted by Gasteiger charge is -2.36. The number of aryl methyl sites for hydroxylation is 1. The van der Waals surface area contributed by atoms with Crippen LogP contribution < -0.4 is 9.80 Å². The van der Waals surface area contributed by atoms with Gasteiger partial charge in [-0.2, -0.15) is 0 Å².